The Hall–Kier alpha value is 0.430. The van der Waals surface area contributed by atoms with Gasteiger partial charge >= 0.3 is 90.3 Å². The maximum atomic E-state index is 2.57. The van der Waals surface area contributed by atoms with Gasteiger partial charge in [0.15, 0.2) is 0 Å². The first-order valence-corrected chi connectivity index (χ1v) is 10.2. The summed E-state index contributed by atoms with van der Waals surface area (Å²) >= 11 is 0. The molecule has 86 valence electrons. The van der Waals surface area contributed by atoms with Gasteiger partial charge in [-0.3, -0.25) is 0 Å². The van der Waals surface area contributed by atoms with Crippen LogP contribution in [0.4, 0.5) is 0 Å². The molecule has 0 nitrogen and oxygen atoms in total. The number of hydrogen-bond donors (Lipinski definition) is 0. The first-order chi connectivity index (χ1) is 6.14. The van der Waals surface area contributed by atoms with Gasteiger partial charge in [0.2, 0.25) is 0 Å². The molecule has 0 unspecified atom stereocenters. The average molecular weight is 216 g/mol. The van der Waals surface area contributed by atoms with Crippen molar-refractivity contribution >= 4 is 6.60 Å². The molecule has 0 saturated heterocycles. The van der Waals surface area contributed by atoms with E-state index >= 15 is 0 Å². The molecule has 1 heteroatoms. The van der Waals surface area contributed by atoms with Crippen LogP contribution in [0, 0.1) is 5.92 Å². The van der Waals surface area contributed by atoms with Gasteiger partial charge in [0.05, 0.1) is 0 Å². The van der Waals surface area contributed by atoms with Gasteiger partial charge in [0, 0.05) is 0 Å². The predicted octanol–water partition coefficient (Wildman–Crippen LogP) is 4.42. The van der Waals surface area contributed by atoms with Gasteiger partial charge in [-0.25, -0.2) is 0 Å². The van der Waals surface area contributed by atoms with E-state index in [0.29, 0.717) is 0 Å². The Morgan fingerprint density at radius 2 is 1.57 bits per heavy atom. The molecule has 0 aromatic heterocycles. The first-order valence-electron chi connectivity index (χ1n) is 6.14. The normalized spacial score (nSPS) is 24.1. The minimum atomic E-state index is -1.36. The molecule has 0 aliphatic heterocycles. The Bertz CT molecular complexity index is 194. The number of rotatable bonds is 4. The van der Waals surface area contributed by atoms with E-state index in [2.05, 4.69) is 40.5 Å². The predicted molar refractivity (Wildman–Crippen MR) is 71.3 cm³/mol. The van der Waals surface area contributed by atoms with Crippen LogP contribution in [0.2, 0.25) is 0 Å². The summed E-state index contributed by atoms with van der Waals surface area (Å²) in [5, 5.41) is 0.760. The van der Waals surface area contributed by atoms with Crippen LogP contribution >= 0.6 is 6.60 Å². The van der Waals surface area contributed by atoms with Crippen molar-refractivity contribution < 1.29 is 0 Å². The zero-order chi connectivity index (χ0) is 11.1. The van der Waals surface area contributed by atoms with E-state index < -0.39 is 6.60 Å². The SMILES string of the molecule is CC(C)CCC1(P(C)(C)(C)C)CCC1. The van der Waals surface area contributed by atoms with Crippen molar-refractivity contribution in [1.29, 1.82) is 0 Å². The summed E-state index contributed by atoms with van der Waals surface area (Å²) in [6.45, 7) is 13.7. The van der Waals surface area contributed by atoms with Gasteiger partial charge < -0.3 is 0 Å². The van der Waals surface area contributed by atoms with Crippen LogP contribution in [0.1, 0.15) is 46.0 Å². The Morgan fingerprint density at radius 3 is 1.79 bits per heavy atom. The second kappa shape index (κ2) is 3.48. The summed E-state index contributed by atoms with van der Waals surface area (Å²) in [7, 11) is 0. The van der Waals surface area contributed by atoms with Crippen LogP contribution < -0.4 is 0 Å². The van der Waals surface area contributed by atoms with E-state index in [-0.39, 0.29) is 0 Å². The van der Waals surface area contributed by atoms with E-state index in [1.54, 1.807) is 0 Å². The van der Waals surface area contributed by atoms with Crippen LogP contribution in [0.25, 0.3) is 0 Å². The van der Waals surface area contributed by atoms with Crippen molar-refractivity contribution in [3.8, 4) is 0 Å². The fourth-order valence-electron chi connectivity index (χ4n) is 2.73. The van der Waals surface area contributed by atoms with E-state index in [0.717, 1.165) is 11.1 Å². The van der Waals surface area contributed by atoms with Crippen molar-refractivity contribution in [2.45, 2.75) is 51.1 Å². The van der Waals surface area contributed by atoms with Gasteiger partial charge in [-0.15, -0.1) is 0 Å². The molecule has 0 bridgehead atoms. The first kappa shape index (κ1) is 12.5. The quantitative estimate of drug-likeness (QED) is 0.610. The van der Waals surface area contributed by atoms with Crippen molar-refractivity contribution in [2.75, 3.05) is 26.7 Å². The summed E-state index contributed by atoms with van der Waals surface area (Å²) in [5.41, 5.74) is 0. The van der Waals surface area contributed by atoms with Crippen molar-refractivity contribution in [1.82, 2.24) is 0 Å². The van der Waals surface area contributed by atoms with Crippen molar-refractivity contribution in [2.24, 2.45) is 5.92 Å². The van der Waals surface area contributed by atoms with Crippen LogP contribution in [0.3, 0.4) is 0 Å². The molecule has 1 fully saturated rings. The molecule has 0 spiro atoms. The van der Waals surface area contributed by atoms with Gasteiger partial charge in [0.1, 0.15) is 0 Å². The van der Waals surface area contributed by atoms with Gasteiger partial charge in [-0.1, -0.05) is 0 Å². The Kier molecular flexibility index (Phi) is 3.10. The third kappa shape index (κ3) is 2.32. The molecule has 0 N–H and O–H groups in total. The number of hydrogen-bond acceptors (Lipinski definition) is 0. The van der Waals surface area contributed by atoms with Crippen LogP contribution in [0.15, 0.2) is 0 Å². The van der Waals surface area contributed by atoms with Crippen LogP contribution in [0.5, 0.6) is 0 Å². The Morgan fingerprint density at radius 1 is 1.07 bits per heavy atom. The van der Waals surface area contributed by atoms with E-state index in [4.69, 9.17) is 0 Å². The molecule has 0 atom stereocenters. The van der Waals surface area contributed by atoms with Crippen molar-refractivity contribution in [3.05, 3.63) is 0 Å². The fourth-order valence-corrected chi connectivity index (χ4v) is 5.86. The van der Waals surface area contributed by atoms with Crippen LogP contribution in [-0.4, -0.2) is 31.8 Å². The summed E-state index contributed by atoms with van der Waals surface area (Å²) in [6, 6.07) is 0. The van der Waals surface area contributed by atoms with E-state index in [9.17, 15) is 0 Å². The van der Waals surface area contributed by atoms with Gasteiger partial charge in [-0.05, 0) is 0 Å². The van der Waals surface area contributed by atoms with Gasteiger partial charge in [0.25, 0.3) is 0 Å². The summed E-state index contributed by atoms with van der Waals surface area (Å²) in [4.78, 5) is 0. The maximum absolute atomic E-state index is 2.57. The van der Waals surface area contributed by atoms with Crippen LogP contribution in [-0.2, 0) is 0 Å². The molecule has 1 rings (SSSR count). The third-order valence-corrected chi connectivity index (χ3v) is 8.83. The summed E-state index contributed by atoms with van der Waals surface area (Å²) in [5.74, 6) is 0.881. The molecule has 0 amide bonds. The van der Waals surface area contributed by atoms with Crippen molar-refractivity contribution in [3.63, 3.8) is 0 Å². The fraction of sp³-hybridized carbons (Fsp3) is 1.00. The molecule has 1 aliphatic rings. The summed E-state index contributed by atoms with van der Waals surface area (Å²) in [6.07, 6.45) is 7.43. The molecular formula is C13H29P. The molecule has 1 aliphatic carbocycles. The topological polar surface area (TPSA) is 0 Å². The minimum absolute atomic E-state index is 0.760. The molecular weight excluding hydrogens is 187 g/mol. The molecule has 0 radical (unpaired) electrons. The molecule has 0 aromatic rings. The second-order valence-electron chi connectivity index (χ2n) is 7.59. The Balaban J connectivity index is 2.68. The molecule has 14 heavy (non-hydrogen) atoms. The van der Waals surface area contributed by atoms with E-state index in [1.807, 2.05) is 0 Å². The average Bonchev–Trinajstić information content (AvgIpc) is 1.77. The molecule has 0 aromatic carbocycles. The third-order valence-electron chi connectivity index (χ3n) is 4.37. The zero-order valence-electron chi connectivity index (χ0n) is 11.1. The molecule has 1 saturated carbocycles. The summed E-state index contributed by atoms with van der Waals surface area (Å²) < 4.78 is 0. The Labute approximate surface area is 90.8 Å². The van der Waals surface area contributed by atoms with Gasteiger partial charge in [-0.2, -0.15) is 0 Å². The zero-order valence-corrected chi connectivity index (χ0v) is 12.0. The molecule has 0 heterocycles. The second-order valence-corrected chi connectivity index (χ2v) is 15.7. The van der Waals surface area contributed by atoms with E-state index in [1.165, 1.54) is 32.1 Å². The standard InChI is InChI=1S/C13H29P/c1-12(2)8-11-13(9-7-10-13)14(3,4,5)6/h12H,7-11H2,1-6H3. The monoisotopic (exact) mass is 216 g/mol.